The van der Waals surface area contributed by atoms with Crippen molar-refractivity contribution in [2.45, 2.75) is 24.9 Å². The molecule has 7 nitrogen and oxygen atoms in total. The topological polar surface area (TPSA) is 85.0 Å². The Labute approximate surface area is 150 Å². The van der Waals surface area contributed by atoms with Gasteiger partial charge in [0, 0.05) is 10.5 Å². The molecule has 2 aliphatic rings. The maximum atomic E-state index is 13.4. The number of fused-ring (bicyclic) bond motifs is 1. The minimum atomic E-state index is -1.46. The van der Waals surface area contributed by atoms with E-state index in [-0.39, 0.29) is 5.91 Å². The van der Waals surface area contributed by atoms with Gasteiger partial charge < -0.3 is 4.74 Å². The van der Waals surface area contributed by atoms with Crippen LogP contribution in [0.1, 0.15) is 24.8 Å². The summed E-state index contributed by atoms with van der Waals surface area (Å²) < 4.78 is 6.11. The van der Waals surface area contributed by atoms with Crippen LogP contribution in [-0.4, -0.2) is 28.7 Å². The normalized spacial score (nSPS) is 23.7. The predicted octanol–water partition coefficient (Wildman–Crippen LogP) is 2.99. The summed E-state index contributed by atoms with van der Waals surface area (Å²) in [4.78, 5) is 24.4. The maximum Gasteiger partial charge on any atom is 0.298 e. The van der Waals surface area contributed by atoms with Crippen molar-refractivity contribution in [3.05, 3.63) is 70.3 Å². The van der Waals surface area contributed by atoms with Crippen molar-refractivity contribution in [3.8, 4) is 5.75 Å². The molecule has 0 N–H and O–H groups in total. The van der Waals surface area contributed by atoms with Gasteiger partial charge in [-0.05, 0) is 24.6 Å². The second-order valence-electron chi connectivity index (χ2n) is 6.30. The summed E-state index contributed by atoms with van der Waals surface area (Å²) in [6.07, 6.45) is 0.456. The van der Waals surface area contributed by atoms with Crippen molar-refractivity contribution in [2.24, 2.45) is 5.10 Å². The van der Waals surface area contributed by atoms with Crippen LogP contribution in [-0.2, 0) is 4.79 Å². The molecule has 26 heavy (non-hydrogen) atoms. The average Bonchev–Trinajstić information content (AvgIpc) is 3.12. The number of hydrazone groups is 1. The van der Waals surface area contributed by atoms with E-state index in [9.17, 15) is 14.9 Å². The van der Waals surface area contributed by atoms with Crippen LogP contribution in [0.15, 0.2) is 59.7 Å². The largest absolute Gasteiger partial charge is 0.470 e. The lowest BCUT2D eigenvalue weighted by molar-refractivity contribution is -0.484. The highest BCUT2D eigenvalue weighted by atomic mass is 16.6. The fourth-order valence-electron chi connectivity index (χ4n) is 3.75. The van der Waals surface area contributed by atoms with Crippen molar-refractivity contribution in [3.63, 3.8) is 0 Å². The summed E-state index contributed by atoms with van der Waals surface area (Å²) in [6.45, 7) is 1.47. The van der Waals surface area contributed by atoms with E-state index in [0.29, 0.717) is 29.1 Å². The Kier molecular flexibility index (Phi) is 3.72. The number of amides is 1. The number of ether oxygens (including phenoxy) is 1. The molecule has 1 spiro atoms. The Morgan fingerprint density at radius 2 is 1.88 bits per heavy atom. The molecule has 7 heteroatoms. The molecular weight excluding hydrogens is 334 g/mol. The first-order valence-electron chi connectivity index (χ1n) is 8.45. The van der Waals surface area contributed by atoms with E-state index >= 15 is 0 Å². The van der Waals surface area contributed by atoms with E-state index in [1.54, 1.807) is 36.4 Å². The number of rotatable bonds is 4. The monoisotopic (exact) mass is 351 g/mol. The van der Waals surface area contributed by atoms with Gasteiger partial charge in [-0.2, -0.15) is 10.1 Å². The molecular formula is C19H17N3O4. The van der Waals surface area contributed by atoms with E-state index in [1.807, 2.05) is 25.1 Å². The molecule has 4 rings (SSSR count). The molecule has 1 amide bonds. The number of hydrogen-bond acceptors (Lipinski definition) is 5. The Hall–Kier alpha value is -3.22. The highest BCUT2D eigenvalue weighted by Gasteiger charge is 2.64. The Morgan fingerprint density at radius 3 is 2.58 bits per heavy atom. The lowest BCUT2D eigenvalue weighted by Gasteiger charge is -2.28. The van der Waals surface area contributed by atoms with Crippen LogP contribution in [0.4, 0.5) is 5.69 Å². The Morgan fingerprint density at radius 1 is 1.19 bits per heavy atom. The molecule has 0 bridgehead atoms. The standard InChI is InChI=1S/C19H17N3O4/c1-2-17-19(18(23)22(20-17)13-8-4-3-5-9-13)15(12-21(24)25)14-10-6-7-11-16(14)26-19/h3-11,15H,2,12H2,1H3/t15-,19-/m1/s1. The predicted molar refractivity (Wildman–Crippen MR) is 96.1 cm³/mol. The number of para-hydroxylation sites is 2. The van der Waals surface area contributed by atoms with Crippen molar-refractivity contribution < 1.29 is 14.5 Å². The van der Waals surface area contributed by atoms with E-state index < -0.39 is 23.0 Å². The minimum absolute atomic E-state index is 0.386. The van der Waals surface area contributed by atoms with Gasteiger partial charge >= 0.3 is 0 Å². The second kappa shape index (κ2) is 5.94. The van der Waals surface area contributed by atoms with Crippen LogP contribution in [0.5, 0.6) is 5.75 Å². The fourth-order valence-corrected chi connectivity index (χ4v) is 3.75. The van der Waals surface area contributed by atoms with Crippen LogP contribution >= 0.6 is 0 Å². The zero-order valence-electron chi connectivity index (χ0n) is 14.2. The lowest BCUT2D eigenvalue weighted by Crippen LogP contribution is -2.54. The number of anilines is 1. The minimum Gasteiger partial charge on any atom is -0.470 e. The molecule has 0 saturated carbocycles. The molecule has 2 heterocycles. The van der Waals surface area contributed by atoms with Crippen LogP contribution in [0.25, 0.3) is 0 Å². The number of nitro groups is 1. The highest BCUT2D eigenvalue weighted by molar-refractivity contribution is 6.23. The second-order valence-corrected chi connectivity index (χ2v) is 6.30. The summed E-state index contributed by atoms with van der Waals surface area (Å²) in [5.41, 5.74) is 0.337. The first kappa shape index (κ1) is 16.3. The first-order chi connectivity index (χ1) is 12.6. The lowest BCUT2D eigenvalue weighted by atomic mass is 9.79. The van der Waals surface area contributed by atoms with Crippen molar-refractivity contribution in [1.82, 2.24) is 0 Å². The van der Waals surface area contributed by atoms with Gasteiger partial charge in [0.1, 0.15) is 11.7 Å². The summed E-state index contributed by atoms with van der Waals surface area (Å²) in [5, 5.41) is 17.1. The van der Waals surface area contributed by atoms with Crippen molar-refractivity contribution in [1.29, 1.82) is 0 Å². The smallest absolute Gasteiger partial charge is 0.298 e. The van der Waals surface area contributed by atoms with Crippen LogP contribution < -0.4 is 9.75 Å². The highest BCUT2D eigenvalue weighted by Crippen LogP contribution is 2.49. The van der Waals surface area contributed by atoms with Gasteiger partial charge in [0.05, 0.1) is 11.4 Å². The van der Waals surface area contributed by atoms with Gasteiger partial charge in [-0.1, -0.05) is 43.3 Å². The van der Waals surface area contributed by atoms with Gasteiger partial charge in [0.2, 0.25) is 12.1 Å². The van der Waals surface area contributed by atoms with Gasteiger partial charge in [0.25, 0.3) is 5.91 Å². The van der Waals surface area contributed by atoms with E-state index in [2.05, 4.69) is 5.10 Å². The molecule has 132 valence electrons. The molecule has 0 fully saturated rings. The van der Waals surface area contributed by atoms with Crippen molar-refractivity contribution in [2.75, 3.05) is 11.6 Å². The molecule has 2 atom stereocenters. The first-order valence-corrected chi connectivity index (χ1v) is 8.45. The quantitative estimate of drug-likeness (QED) is 0.626. The van der Waals surface area contributed by atoms with Gasteiger partial charge in [-0.25, -0.2) is 0 Å². The molecule has 2 aliphatic heterocycles. The number of nitrogens with zero attached hydrogens (tertiary/aromatic N) is 3. The number of carbonyl (C=O) groups excluding carboxylic acids is 1. The van der Waals surface area contributed by atoms with Crippen LogP contribution in [0.3, 0.4) is 0 Å². The Bertz CT molecular complexity index is 912. The molecule has 0 aromatic heterocycles. The third kappa shape index (κ3) is 2.20. The van der Waals surface area contributed by atoms with E-state index in [4.69, 9.17) is 4.74 Å². The SMILES string of the molecule is CCC1=NN(c2ccccc2)C(=O)[C@]12Oc1ccccc1[C@H]2C[N+](=O)[O-]. The summed E-state index contributed by atoms with van der Waals surface area (Å²) in [7, 11) is 0. The average molecular weight is 351 g/mol. The third-order valence-corrected chi connectivity index (χ3v) is 4.88. The van der Waals surface area contributed by atoms with E-state index in [0.717, 1.165) is 0 Å². The maximum absolute atomic E-state index is 13.4. The number of carbonyl (C=O) groups is 1. The number of hydrogen-bond donors (Lipinski definition) is 0. The summed E-state index contributed by atoms with van der Waals surface area (Å²) in [6, 6.07) is 16.1. The zero-order valence-corrected chi connectivity index (χ0v) is 14.2. The van der Waals surface area contributed by atoms with Crippen LogP contribution in [0, 0.1) is 10.1 Å². The summed E-state index contributed by atoms with van der Waals surface area (Å²) in [5.74, 6) is -0.596. The molecule has 0 saturated heterocycles. The molecule has 0 aliphatic carbocycles. The Balaban J connectivity index is 1.85. The van der Waals surface area contributed by atoms with Crippen LogP contribution in [0.2, 0.25) is 0 Å². The van der Waals surface area contributed by atoms with Crippen molar-refractivity contribution >= 4 is 17.3 Å². The number of benzene rings is 2. The fraction of sp³-hybridized carbons (Fsp3) is 0.263. The molecule has 2 aromatic carbocycles. The third-order valence-electron chi connectivity index (χ3n) is 4.88. The zero-order chi connectivity index (χ0) is 18.3. The summed E-state index contributed by atoms with van der Waals surface area (Å²) >= 11 is 0. The van der Waals surface area contributed by atoms with Gasteiger partial charge in [-0.15, -0.1) is 0 Å². The molecule has 0 radical (unpaired) electrons. The van der Waals surface area contributed by atoms with E-state index in [1.165, 1.54) is 5.01 Å². The molecule has 0 unspecified atom stereocenters. The van der Waals surface area contributed by atoms with Gasteiger partial charge in [-0.3, -0.25) is 14.9 Å². The van der Waals surface area contributed by atoms with Gasteiger partial charge in [0.15, 0.2) is 0 Å². The molecule has 2 aromatic rings.